The maximum atomic E-state index is 13.0. The van der Waals surface area contributed by atoms with Crippen LogP contribution in [-0.2, 0) is 4.74 Å². The number of benzene rings is 1. The molecule has 1 aromatic carbocycles. The molecule has 0 aromatic heterocycles. The van der Waals surface area contributed by atoms with Gasteiger partial charge in [-0.15, -0.1) is 0 Å². The van der Waals surface area contributed by atoms with Crippen LogP contribution in [0.4, 0.5) is 0 Å². The summed E-state index contributed by atoms with van der Waals surface area (Å²) in [5.41, 5.74) is 1.90. The third kappa shape index (κ3) is 4.48. The average Bonchev–Trinajstić information content (AvgIpc) is 3.24. The van der Waals surface area contributed by atoms with Crippen LogP contribution in [0.15, 0.2) is 42.0 Å². The van der Waals surface area contributed by atoms with Crippen molar-refractivity contribution in [2.45, 2.75) is 119 Å². The van der Waals surface area contributed by atoms with Gasteiger partial charge in [-0.25, -0.2) is 4.79 Å². The first kappa shape index (κ1) is 29.4. The van der Waals surface area contributed by atoms with E-state index >= 15 is 0 Å². The molecular weight excluding hydrogens is 490 g/mol. The summed E-state index contributed by atoms with van der Waals surface area (Å²) in [5, 5.41) is 11.0. The third-order valence-electron chi connectivity index (χ3n) is 12.9. The van der Waals surface area contributed by atoms with Crippen molar-refractivity contribution in [1.29, 1.82) is 5.26 Å². The molecule has 0 amide bonds. The van der Waals surface area contributed by atoms with Gasteiger partial charge in [0.25, 0.3) is 0 Å². The number of allylic oxidation sites excluding steroid dienone is 2. The average molecular weight is 544 g/mol. The van der Waals surface area contributed by atoms with Gasteiger partial charge < -0.3 is 4.74 Å². The molecular formula is C37H53NO2. The molecule has 2 unspecified atom stereocenters. The molecule has 218 valence electrons. The van der Waals surface area contributed by atoms with Crippen LogP contribution in [0, 0.1) is 62.6 Å². The molecule has 8 atom stereocenters. The Balaban J connectivity index is 1.39. The van der Waals surface area contributed by atoms with E-state index in [-0.39, 0.29) is 33.7 Å². The normalized spacial score (nSPS) is 38.8. The van der Waals surface area contributed by atoms with Crippen molar-refractivity contribution in [2.24, 2.45) is 51.2 Å². The Labute approximate surface area is 244 Å². The summed E-state index contributed by atoms with van der Waals surface area (Å²) < 4.78 is 6.22. The zero-order chi connectivity index (χ0) is 28.9. The molecule has 0 N–H and O–H groups in total. The fourth-order valence-electron chi connectivity index (χ4n) is 10.6. The predicted molar refractivity (Wildman–Crippen MR) is 162 cm³/mol. The van der Waals surface area contributed by atoms with E-state index in [0.29, 0.717) is 29.2 Å². The highest BCUT2D eigenvalue weighted by molar-refractivity contribution is 5.89. The molecule has 0 spiro atoms. The van der Waals surface area contributed by atoms with Gasteiger partial charge in [0.05, 0.1) is 17.0 Å². The summed E-state index contributed by atoms with van der Waals surface area (Å²) >= 11 is 0. The molecule has 0 aliphatic heterocycles. The molecule has 1 aromatic rings. The van der Waals surface area contributed by atoms with Crippen molar-refractivity contribution < 1.29 is 9.53 Å². The van der Waals surface area contributed by atoms with Crippen molar-refractivity contribution in [1.82, 2.24) is 0 Å². The lowest BCUT2D eigenvalue weighted by Crippen LogP contribution is -2.59. The molecule has 3 nitrogen and oxygen atoms in total. The van der Waals surface area contributed by atoms with Crippen molar-refractivity contribution >= 4 is 5.97 Å². The lowest BCUT2D eigenvalue weighted by molar-refractivity contribution is -0.132. The van der Waals surface area contributed by atoms with Crippen LogP contribution in [0.2, 0.25) is 0 Å². The first-order valence-electron chi connectivity index (χ1n) is 16.3. The van der Waals surface area contributed by atoms with Crippen LogP contribution < -0.4 is 0 Å². The monoisotopic (exact) mass is 543 g/mol. The second-order valence-electron chi connectivity index (χ2n) is 15.5. The molecule has 4 aliphatic carbocycles. The molecule has 3 saturated carbocycles. The largest absolute Gasteiger partial charge is 0.458 e. The van der Waals surface area contributed by atoms with E-state index < -0.39 is 0 Å². The van der Waals surface area contributed by atoms with Crippen molar-refractivity contribution in [3.05, 3.63) is 47.5 Å². The lowest BCUT2D eigenvalue weighted by Gasteiger charge is -2.63. The fraction of sp³-hybridized carbons (Fsp3) is 0.730. The first-order valence-corrected chi connectivity index (χ1v) is 16.3. The summed E-state index contributed by atoms with van der Waals surface area (Å²) in [6, 6.07) is 12.4. The zero-order valence-electron chi connectivity index (χ0n) is 26.3. The number of carbonyl (C=O) groups is 1. The van der Waals surface area contributed by atoms with Crippen LogP contribution in [0.1, 0.15) is 123 Å². The minimum Gasteiger partial charge on any atom is -0.458 e. The molecule has 40 heavy (non-hydrogen) atoms. The van der Waals surface area contributed by atoms with Gasteiger partial charge in [-0.1, -0.05) is 92.0 Å². The second-order valence-corrected chi connectivity index (χ2v) is 15.5. The number of hydrogen-bond donors (Lipinski definition) is 0. The van der Waals surface area contributed by atoms with Gasteiger partial charge in [-0.3, -0.25) is 0 Å². The predicted octanol–water partition coefficient (Wildman–Crippen LogP) is 9.78. The van der Waals surface area contributed by atoms with E-state index in [9.17, 15) is 10.1 Å². The Bertz CT molecular complexity index is 1160. The van der Waals surface area contributed by atoms with Crippen molar-refractivity contribution in [2.75, 3.05) is 0 Å². The SMILES string of the molecule is CC(C)CCC[C@@H](C)[C@H]1CC[C@@]2(C#N)C3=CCC4C(C)(C)[C@@H](OC(=O)c5ccccc5)CC[C@]4(C)C3CC[C@]12C. The molecule has 0 bridgehead atoms. The molecule has 0 radical (unpaired) electrons. The minimum atomic E-state index is -0.318. The fourth-order valence-corrected chi connectivity index (χ4v) is 10.6. The highest BCUT2D eigenvalue weighted by Gasteiger charge is 2.67. The smallest absolute Gasteiger partial charge is 0.338 e. The number of esters is 1. The third-order valence-corrected chi connectivity index (χ3v) is 12.9. The van der Waals surface area contributed by atoms with Gasteiger partial charge >= 0.3 is 5.97 Å². The highest BCUT2D eigenvalue weighted by Crippen LogP contribution is 2.73. The van der Waals surface area contributed by atoms with Gasteiger partial charge in [0, 0.05) is 5.41 Å². The number of ether oxygens (including phenoxy) is 1. The summed E-state index contributed by atoms with van der Waals surface area (Å²) in [5.74, 6) is 2.77. The zero-order valence-corrected chi connectivity index (χ0v) is 26.3. The summed E-state index contributed by atoms with van der Waals surface area (Å²) in [4.78, 5) is 13.0. The van der Waals surface area contributed by atoms with E-state index in [2.05, 4.69) is 60.6 Å². The van der Waals surface area contributed by atoms with Crippen LogP contribution in [-0.4, -0.2) is 12.1 Å². The Kier molecular flexibility index (Phi) is 7.82. The van der Waals surface area contributed by atoms with E-state index in [1.54, 1.807) is 0 Å². The summed E-state index contributed by atoms with van der Waals surface area (Å²) in [7, 11) is 0. The molecule has 0 saturated heterocycles. The van der Waals surface area contributed by atoms with Gasteiger partial charge in [0.2, 0.25) is 0 Å². The number of hydrogen-bond acceptors (Lipinski definition) is 3. The van der Waals surface area contributed by atoms with Gasteiger partial charge in [0.1, 0.15) is 6.10 Å². The summed E-state index contributed by atoms with van der Waals surface area (Å²) in [6.45, 7) is 16.8. The minimum absolute atomic E-state index is 0.0719. The number of rotatable bonds is 7. The van der Waals surface area contributed by atoms with Gasteiger partial charge in [-0.05, 0) is 103 Å². The Hall–Kier alpha value is -2.08. The number of nitriles is 1. The maximum Gasteiger partial charge on any atom is 0.338 e. The van der Waals surface area contributed by atoms with Crippen molar-refractivity contribution in [3.8, 4) is 6.07 Å². The molecule has 3 heteroatoms. The molecule has 3 fully saturated rings. The second kappa shape index (κ2) is 10.6. The quantitative estimate of drug-likeness (QED) is 0.254. The van der Waals surface area contributed by atoms with Gasteiger partial charge in [0.15, 0.2) is 0 Å². The standard InChI is InChI=1S/C37H53NO2/c1-25(2)12-11-13-26(3)28-19-23-37(24-38)30-16-17-31-34(4,5)32(40-33(39)27-14-9-8-10-15-27)20-21-35(31,6)29(30)18-22-36(28,37)7/h8-10,14-16,25-26,28-29,31-32H,11-13,17-23H2,1-7H3/t26-,28-,29?,31?,32+,35-,36-,37-/m1/s1. The van der Waals surface area contributed by atoms with Crippen LogP contribution >= 0.6 is 0 Å². The Morgan fingerprint density at radius 3 is 2.40 bits per heavy atom. The van der Waals surface area contributed by atoms with Crippen LogP contribution in [0.5, 0.6) is 0 Å². The van der Waals surface area contributed by atoms with E-state index in [0.717, 1.165) is 38.0 Å². The van der Waals surface area contributed by atoms with Crippen molar-refractivity contribution in [3.63, 3.8) is 0 Å². The Morgan fingerprint density at radius 2 is 1.73 bits per heavy atom. The maximum absolute atomic E-state index is 13.0. The first-order chi connectivity index (χ1) is 18.9. The summed E-state index contributed by atoms with van der Waals surface area (Å²) in [6.07, 6.45) is 13.9. The van der Waals surface area contributed by atoms with E-state index in [4.69, 9.17) is 4.74 Å². The molecule has 0 heterocycles. The van der Waals surface area contributed by atoms with Gasteiger partial charge in [-0.2, -0.15) is 5.26 Å². The molecule has 4 aliphatic rings. The van der Waals surface area contributed by atoms with E-state index in [1.165, 1.54) is 37.7 Å². The number of nitrogens with zero attached hydrogens (tertiary/aromatic N) is 1. The lowest BCUT2D eigenvalue weighted by atomic mass is 9.41. The van der Waals surface area contributed by atoms with Crippen LogP contribution in [0.3, 0.4) is 0 Å². The van der Waals surface area contributed by atoms with E-state index in [1.807, 2.05) is 30.3 Å². The number of carbonyl (C=O) groups excluding carboxylic acids is 1. The van der Waals surface area contributed by atoms with Crippen LogP contribution in [0.25, 0.3) is 0 Å². The highest BCUT2D eigenvalue weighted by atomic mass is 16.5. The number of fused-ring (bicyclic) bond motifs is 5. The molecule has 5 rings (SSSR count). The topological polar surface area (TPSA) is 50.1 Å². The Morgan fingerprint density at radius 1 is 1.00 bits per heavy atom.